The molecule has 7 nitrogen and oxygen atoms in total. The number of aryl methyl sites for hydroxylation is 1. The minimum Gasteiger partial charge on any atom is -0.355 e. The molecular weight excluding hydrogens is 376 g/mol. The Morgan fingerprint density at radius 1 is 0.933 bits per heavy atom. The van der Waals surface area contributed by atoms with E-state index in [-0.39, 0.29) is 0 Å². The number of rotatable bonds is 2. The molecule has 0 radical (unpaired) electrons. The predicted octanol–water partition coefficient (Wildman–Crippen LogP) is 5.22. The molecule has 1 aliphatic rings. The highest BCUT2D eigenvalue weighted by Gasteiger charge is 2.27. The highest BCUT2D eigenvalue weighted by Crippen LogP contribution is 2.44. The lowest BCUT2D eigenvalue weighted by Gasteiger charge is -2.07. The largest absolute Gasteiger partial charge is 0.355 e. The van der Waals surface area contributed by atoms with E-state index in [1.807, 2.05) is 55.5 Å². The first-order valence-electron chi connectivity index (χ1n) is 9.58. The summed E-state index contributed by atoms with van der Waals surface area (Å²) in [5.41, 5.74) is 7.07. The molecule has 0 spiro atoms. The van der Waals surface area contributed by atoms with Crippen molar-refractivity contribution in [3.05, 3.63) is 72.8 Å². The van der Waals surface area contributed by atoms with Gasteiger partial charge in [-0.15, -0.1) is 0 Å². The minimum absolute atomic E-state index is 0.691. The molecule has 0 unspecified atom stereocenters. The third kappa shape index (κ3) is 2.45. The fourth-order valence-electron chi connectivity index (χ4n) is 3.85. The first-order chi connectivity index (χ1) is 14.8. The normalized spacial score (nSPS) is 11.8. The molecule has 144 valence electrons. The van der Waals surface area contributed by atoms with E-state index in [0.717, 1.165) is 50.8 Å². The summed E-state index contributed by atoms with van der Waals surface area (Å²) in [6.07, 6.45) is 5.33. The lowest BCUT2D eigenvalue weighted by molar-refractivity contribution is 0.427. The van der Waals surface area contributed by atoms with E-state index in [4.69, 9.17) is 9.51 Å². The van der Waals surface area contributed by atoms with Crippen LogP contribution in [0.1, 0.15) is 5.69 Å². The number of pyridine rings is 2. The zero-order chi connectivity index (χ0) is 20.1. The van der Waals surface area contributed by atoms with Crippen LogP contribution in [-0.2, 0) is 0 Å². The van der Waals surface area contributed by atoms with Crippen molar-refractivity contribution < 1.29 is 4.52 Å². The average Bonchev–Trinajstić information content (AvgIpc) is 3.36. The van der Waals surface area contributed by atoms with Gasteiger partial charge >= 0.3 is 0 Å². The first kappa shape index (κ1) is 16.7. The molecule has 0 saturated heterocycles. The van der Waals surface area contributed by atoms with E-state index >= 15 is 0 Å². The molecule has 0 fully saturated rings. The second-order valence-corrected chi connectivity index (χ2v) is 7.09. The van der Waals surface area contributed by atoms with Gasteiger partial charge in [0.15, 0.2) is 5.76 Å². The second-order valence-electron chi connectivity index (χ2n) is 7.09. The summed E-state index contributed by atoms with van der Waals surface area (Å²) in [6.45, 7) is 1.92. The molecule has 6 rings (SSSR count). The van der Waals surface area contributed by atoms with E-state index in [0.29, 0.717) is 11.6 Å². The molecule has 2 N–H and O–H groups in total. The third-order valence-corrected chi connectivity index (χ3v) is 5.25. The number of hydrogen-bond donors (Lipinski definition) is 2. The summed E-state index contributed by atoms with van der Waals surface area (Å²) in [7, 11) is 0. The van der Waals surface area contributed by atoms with Crippen molar-refractivity contribution in [1.82, 2.24) is 25.1 Å². The van der Waals surface area contributed by atoms with Crippen molar-refractivity contribution in [2.24, 2.45) is 0 Å². The van der Waals surface area contributed by atoms with Crippen LogP contribution in [-0.4, -0.2) is 25.1 Å². The number of H-pyrrole nitrogens is 1. The van der Waals surface area contributed by atoms with Crippen LogP contribution in [0.2, 0.25) is 0 Å². The van der Waals surface area contributed by atoms with Crippen LogP contribution < -0.4 is 5.32 Å². The van der Waals surface area contributed by atoms with Gasteiger partial charge in [-0.1, -0.05) is 35.5 Å². The maximum atomic E-state index is 5.69. The SMILES string of the molecule is Cc1noc(-c2ccccc2)c1-c1nc2c([nH]1)-c1ccncc1Nc1ncccc1-2. The number of benzene rings is 1. The number of nitrogens with zero attached hydrogens (tertiary/aromatic N) is 4. The van der Waals surface area contributed by atoms with Crippen molar-refractivity contribution in [2.45, 2.75) is 6.92 Å². The predicted molar refractivity (Wildman–Crippen MR) is 114 cm³/mol. The van der Waals surface area contributed by atoms with E-state index in [1.165, 1.54) is 0 Å². The van der Waals surface area contributed by atoms with Crippen LogP contribution in [0, 0.1) is 6.92 Å². The van der Waals surface area contributed by atoms with Gasteiger partial charge in [0.25, 0.3) is 0 Å². The van der Waals surface area contributed by atoms with Gasteiger partial charge in [0.1, 0.15) is 17.3 Å². The number of imidazole rings is 1. The van der Waals surface area contributed by atoms with Gasteiger partial charge in [0, 0.05) is 29.1 Å². The van der Waals surface area contributed by atoms with Crippen LogP contribution in [0.15, 0.2) is 71.6 Å². The van der Waals surface area contributed by atoms with Crippen molar-refractivity contribution in [2.75, 3.05) is 5.32 Å². The topological polar surface area (TPSA) is 92.5 Å². The molecule has 1 aromatic carbocycles. The highest BCUT2D eigenvalue weighted by atomic mass is 16.5. The Morgan fingerprint density at radius 3 is 2.73 bits per heavy atom. The summed E-state index contributed by atoms with van der Waals surface area (Å²) in [5, 5.41) is 7.59. The molecule has 0 saturated carbocycles. The number of anilines is 2. The Hall–Kier alpha value is -4.26. The number of aromatic nitrogens is 5. The summed E-state index contributed by atoms with van der Waals surface area (Å²) in [6, 6.07) is 15.8. The molecular formula is C23H16N6O. The Kier molecular flexibility index (Phi) is 3.55. The summed E-state index contributed by atoms with van der Waals surface area (Å²) < 4.78 is 5.69. The lowest BCUT2D eigenvalue weighted by Crippen LogP contribution is -1.96. The minimum atomic E-state index is 0.691. The summed E-state index contributed by atoms with van der Waals surface area (Å²) in [4.78, 5) is 17.3. The molecule has 1 aliphatic heterocycles. The van der Waals surface area contributed by atoms with Crippen LogP contribution >= 0.6 is 0 Å². The van der Waals surface area contributed by atoms with E-state index in [9.17, 15) is 0 Å². The Bertz CT molecular complexity index is 1320. The van der Waals surface area contributed by atoms with Crippen molar-refractivity contribution in [3.8, 4) is 45.2 Å². The molecule has 5 heterocycles. The number of aromatic amines is 1. The number of fused-ring (bicyclic) bond motifs is 5. The van der Waals surface area contributed by atoms with E-state index in [2.05, 4.69) is 25.4 Å². The maximum Gasteiger partial charge on any atom is 0.178 e. The van der Waals surface area contributed by atoms with Crippen LogP contribution in [0.4, 0.5) is 11.5 Å². The average molecular weight is 392 g/mol. The summed E-state index contributed by atoms with van der Waals surface area (Å²) in [5.74, 6) is 2.14. The maximum absolute atomic E-state index is 5.69. The van der Waals surface area contributed by atoms with Crippen LogP contribution in [0.5, 0.6) is 0 Å². The fourth-order valence-corrected chi connectivity index (χ4v) is 3.85. The molecule has 5 aromatic rings. The molecule has 4 aromatic heterocycles. The van der Waals surface area contributed by atoms with Gasteiger partial charge in [0.05, 0.1) is 28.8 Å². The van der Waals surface area contributed by atoms with Gasteiger partial charge in [-0.3, -0.25) is 4.98 Å². The van der Waals surface area contributed by atoms with E-state index in [1.54, 1.807) is 18.6 Å². The van der Waals surface area contributed by atoms with Crippen LogP contribution in [0.3, 0.4) is 0 Å². The van der Waals surface area contributed by atoms with Crippen molar-refractivity contribution in [3.63, 3.8) is 0 Å². The Morgan fingerprint density at radius 2 is 1.83 bits per heavy atom. The smallest absolute Gasteiger partial charge is 0.178 e. The quantitative estimate of drug-likeness (QED) is 0.420. The highest BCUT2D eigenvalue weighted by molar-refractivity contribution is 5.95. The van der Waals surface area contributed by atoms with Gasteiger partial charge in [0.2, 0.25) is 0 Å². The standard InChI is InChI=1S/C23H16N6O/c1-13-18(21(30-29-13)14-6-3-2-4-7-14)23-27-19-15-9-11-24-12-17(15)26-22-16(20(19)28-23)8-5-10-25-22/h2-12H,1H3,(H,25,26)(H,27,28). The van der Waals surface area contributed by atoms with Gasteiger partial charge < -0.3 is 14.8 Å². The number of hydrogen-bond acceptors (Lipinski definition) is 6. The zero-order valence-electron chi connectivity index (χ0n) is 16.0. The third-order valence-electron chi connectivity index (χ3n) is 5.25. The fraction of sp³-hybridized carbons (Fsp3) is 0.0435. The first-order valence-corrected chi connectivity index (χ1v) is 9.58. The molecule has 0 amide bonds. The molecule has 0 bridgehead atoms. The summed E-state index contributed by atoms with van der Waals surface area (Å²) >= 11 is 0. The van der Waals surface area contributed by atoms with Gasteiger partial charge in [-0.25, -0.2) is 9.97 Å². The van der Waals surface area contributed by atoms with Gasteiger partial charge in [-0.2, -0.15) is 0 Å². The van der Waals surface area contributed by atoms with Gasteiger partial charge in [-0.05, 0) is 25.1 Å². The second kappa shape index (κ2) is 6.38. The van der Waals surface area contributed by atoms with Crippen molar-refractivity contribution in [1.29, 1.82) is 0 Å². The van der Waals surface area contributed by atoms with Crippen molar-refractivity contribution >= 4 is 11.5 Å². The lowest BCUT2D eigenvalue weighted by atomic mass is 10.1. The Balaban J connectivity index is 1.62. The number of nitrogens with one attached hydrogen (secondary N) is 2. The molecule has 30 heavy (non-hydrogen) atoms. The Labute approximate surface area is 171 Å². The van der Waals surface area contributed by atoms with Crippen LogP contribution in [0.25, 0.3) is 45.2 Å². The molecule has 7 heteroatoms. The molecule has 0 aliphatic carbocycles. The monoisotopic (exact) mass is 392 g/mol. The van der Waals surface area contributed by atoms with E-state index < -0.39 is 0 Å². The zero-order valence-corrected chi connectivity index (χ0v) is 16.0. The molecule has 0 atom stereocenters.